The highest BCUT2D eigenvalue weighted by Gasteiger charge is 2.67. The van der Waals surface area contributed by atoms with E-state index in [9.17, 15) is 4.79 Å². The van der Waals surface area contributed by atoms with E-state index in [1.165, 1.54) is 0 Å². The number of benzene rings is 1. The summed E-state index contributed by atoms with van der Waals surface area (Å²) in [5.41, 5.74) is -3.24. The van der Waals surface area contributed by atoms with Gasteiger partial charge in [0.2, 0.25) is 0 Å². The summed E-state index contributed by atoms with van der Waals surface area (Å²) in [6.07, 6.45) is 0. The van der Waals surface area contributed by atoms with E-state index in [4.69, 9.17) is 33.2 Å². The molecule has 12 heteroatoms. The Bertz CT molecular complexity index is 1110. The van der Waals surface area contributed by atoms with Gasteiger partial charge in [0.25, 0.3) is 5.91 Å². The van der Waals surface area contributed by atoms with E-state index in [0.29, 0.717) is 11.1 Å². The number of carbonyl (C=O) groups excluding carboxylic acids is 1. The maximum atomic E-state index is 13.3. The van der Waals surface area contributed by atoms with Crippen molar-refractivity contribution in [2.24, 2.45) is 0 Å². The van der Waals surface area contributed by atoms with Gasteiger partial charge in [-0.15, -0.1) is 0 Å². The zero-order valence-corrected chi connectivity index (χ0v) is 26.7. The molecule has 3 aliphatic heterocycles. The van der Waals surface area contributed by atoms with Crippen molar-refractivity contribution in [2.75, 3.05) is 6.54 Å². The van der Waals surface area contributed by atoms with Gasteiger partial charge < -0.3 is 33.2 Å². The summed E-state index contributed by atoms with van der Waals surface area (Å²) in [4.78, 5) is 13.3. The molecular weight excluding hydrogens is 521 g/mol. The SMILES string of the molecule is CC1(C)OB(C(CNC(=O)c2ccc(C#N)cc2)C(B2OC(C)(C)C(C)(C)O2)B2OC(C)(C)C(C)(C)O2)OC1(C)C. The second-order valence-electron chi connectivity index (χ2n) is 14.5. The van der Waals surface area contributed by atoms with Gasteiger partial charge in [0.1, 0.15) is 0 Å². The van der Waals surface area contributed by atoms with Crippen molar-refractivity contribution in [1.82, 2.24) is 5.32 Å². The van der Waals surface area contributed by atoms with Gasteiger partial charge in [-0.25, -0.2) is 0 Å². The van der Waals surface area contributed by atoms with Crippen LogP contribution in [0.4, 0.5) is 0 Å². The normalized spacial score (nSPS) is 25.8. The molecule has 0 radical (unpaired) electrons. The molecule has 0 spiro atoms. The molecule has 0 aromatic heterocycles. The van der Waals surface area contributed by atoms with Crippen LogP contribution in [0.1, 0.15) is 99.0 Å². The number of amides is 1. The van der Waals surface area contributed by atoms with Gasteiger partial charge in [-0.05, 0) is 107 Å². The Hall–Kier alpha value is -1.87. The van der Waals surface area contributed by atoms with Gasteiger partial charge in [-0.1, -0.05) is 0 Å². The summed E-state index contributed by atoms with van der Waals surface area (Å²) in [6.45, 7) is 24.2. The van der Waals surface area contributed by atoms with Gasteiger partial charge in [0.15, 0.2) is 0 Å². The van der Waals surface area contributed by atoms with Crippen LogP contribution in [-0.4, -0.2) is 67.4 Å². The largest absolute Gasteiger partial charge is 0.462 e. The van der Waals surface area contributed by atoms with Gasteiger partial charge in [0.05, 0.1) is 45.2 Å². The Labute approximate surface area is 246 Å². The number of carbonyl (C=O) groups is 1. The summed E-state index contributed by atoms with van der Waals surface area (Å²) in [7, 11) is -2.18. The standard InChI is InChI=1S/C29H45B3N2O7/c1-24(2)25(3,4)37-30(36-24)21(18-34-23(35)20-15-13-19(17-33)14-16-20)22(31-38-26(5,6)27(7,8)39-31)32-40-28(9,10)29(11,12)41-32/h13-16,21-22H,18H2,1-12H3,(H,34,35). The third-order valence-corrected chi connectivity index (χ3v) is 10.1. The molecule has 1 aromatic rings. The molecule has 222 valence electrons. The van der Waals surface area contributed by atoms with E-state index in [1.807, 2.05) is 83.1 Å². The smallest absolute Gasteiger partial charge is 0.403 e. The van der Waals surface area contributed by atoms with E-state index in [0.717, 1.165) is 0 Å². The van der Waals surface area contributed by atoms with Crippen molar-refractivity contribution in [3.8, 4) is 6.07 Å². The monoisotopic (exact) mass is 566 g/mol. The number of rotatable bonds is 7. The minimum absolute atomic E-state index is 0.175. The predicted molar refractivity (Wildman–Crippen MR) is 159 cm³/mol. The summed E-state index contributed by atoms with van der Waals surface area (Å²) in [5.74, 6) is -0.764. The molecule has 0 saturated carbocycles. The Kier molecular flexibility index (Phi) is 8.13. The first-order chi connectivity index (χ1) is 18.6. The molecule has 1 atom stereocenters. The molecular formula is C29H45B3N2O7. The van der Waals surface area contributed by atoms with E-state index < -0.39 is 66.5 Å². The van der Waals surface area contributed by atoms with Crippen molar-refractivity contribution in [3.63, 3.8) is 0 Å². The summed E-state index contributed by atoms with van der Waals surface area (Å²) in [5, 5.41) is 12.2. The van der Waals surface area contributed by atoms with E-state index in [-0.39, 0.29) is 12.5 Å². The van der Waals surface area contributed by atoms with Gasteiger partial charge in [-0.3, -0.25) is 4.79 Å². The number of hydrogen-bond acceptors (Lipinski definition) is 8. The lowest BCUT2D eigenvalue weighted by atomic mass is 9.40. The number of nitriles is 1. The first-order valence-electron chi connectivity index (χ1n) is 14.5. The third-order valence-electron chi connectivity index (χ3n) is 10.1. The van der Waals surface area contributed by atoms with Gasteiger partial charge >= 0.3 is 21.4 Å². The van der Waals surface area contributed by atoms with Crippen LogP contribution in [0.15, 0.2) is 24.3 Å². The molecule has 1 unspecified atom stereocenters. The molecule has 3 heterocycles. The molecule has 3 aliphatic rings. The Balaban J connectivity index is 1.73. The number of nitrogens with zero attached hydrogens (tertiary/aromatic N) is 1. The van der Waals surface area contributed by atoms with Crippen molar-refractivity contribution in [3.05, 3.63) is 35.4 Å². The highest BCUT2D eigenvalue weighted by atomic mass is 16.7. The van der Waals surface area contributed by atoms with Crippen LogP contribution >= 0.6 is 0 Å². The summed E-state index contributed by atoms with van der Waals surface area (Å²) in [6, 6.07) is 8.60. The first kappa shape index (κ1) is 32.1. The zero-order chi connectivity index (χ0) is 30.8. The van der Waals surface area contributed by atoms with Gasteiger partial charge in [0, 0.05) is 23.6 Å². The Morgan fingerprint density at radius 1 is 0.683 bits per heavy atom. The fourth-order valence-electron chi connectivity index (χ4n) is 5.11. The lowest BCUT2D eigenvalue weighted by molar-refractivity contribution is 0.00578. The highest BCUT2D eigenvalue weighted by Crippen LogP contribution is 2.52. The van der Waals surface area contributed by atoms with Crippen LogP contribution in [-0.2, 0) is 27.9 Å². The summed E-state index contributed by atoms with van der Waals surface area (Å²) < 4.78 is 39.5. The summed E-state index contributed by atoms with van der Waals surface area (Å²) >= 11 is 0. The zero-order valence-electron chi connectivity index (χ0n) is 26.7. The number of nitrogens with one attached hydrogen (secondary N) is 1. The predicted octanol–water partition coefficient (Wildman–Crippen LogP) is 4.84. The van der Waals surface area contributed by atoms with Crippen LogP contribution in [0.2, 0.25) is 11.5 Å². The van der Waals surface area contributed by atoms with Crippen LogP contribution < -0.4 is 5.32 Å². The van der Waals surface area contributed by atoms with E-state index in [2.05, 4.69) is 11.4 Å². The third kappa shape index (κ3) is 5.87. The fourth-order valence-corrected chi connectivity index (χ4v) is 5.11. The topological polar surface area (TPSA) is 108 Å². The van der Waals surface area contributed by atoms with Crippen molar-refractivity contribution in [2.45, 2.75) is 128 Å². The van der Waals surface area contributed by atoms with Crippen molar-refractivity contribution >= 4 is 27.3 Å². The molecule has 1 N–H and O–H groups in total. The molecule has 9 nitrogen and oxygen atoms in total. The molecule has 0 aliphatic carbocycles. The second kappa shape index (κ2) is 10.4. The molecule has 41 heavy (non-hydrogen) atoms. The van der Waals surface area contributed by atoms with Crippen LogP contribution in [0.25, 0.3) is 0 Å². The Morgan fingerprint density at radius 2 is 1.02 bits per heavy atom. The fraction of sp³-hybridized carbons (Fsp3) is 0.724. The average molecular weight is 566 g/mol. The minimum atomic E-state index is -0.731. The van der Waals surface area contributed by atoms with Gasteiger partial charge in [-0.2, -0.15) is 5.26 Å². The lowest BCUT2D eigenvalue weighted by Crippen LogP contribution is -2.49. The Morgan fingerprint density at radius 3 is 1.37 bits per heavy atom. The number of hydrogen-bond donors (Lipinski definition) is 1. The first-order valence-corrected chi connectivity index (χ1v) is 14.5. The van der Waals surface area contributed by atoms with Crippen molar-refractivity contribution < 1.29 is 32.7 Å². The minimum Gasteiger partial charge on any atom is -0.403 e. The van der Waals surface area contributed by atoms with Crippen LogP contribution in [0.5, 0.6) is 0 Å². The molecule has 3 saturated heterocycles. The quantitative estimate of drug-likeness (QED) is 0.468. The highest BCUT2D eigenvalue weighted by molar-refractivity contribution is 6.71. The molecule has 1 aromatic carbocycles. The average Bonchev–Trinajstić information content (AvgIpc) is 3.29. The maximum absolute atomic E-state index is 13.3. The van der Waals surface area contributed by atoms with E-state index >= 15 is 0 Å². The second-order valence-corrected chi connectivity index (χ2v) is 14.5. The maximum Gasteiger partial charge on any atom is 0.462 e. The molecule has 0 bridgehead atoms. The van der Waals surface area contributed by atoms with Crippen LogP contribution in [0, 0.1) is 11.3 Å². The molecule has 3 fully saturated rings. The van der Waals surface area contributed by atoms with Crippen molar-refractivity contribution in [1.29, 1.82) is 5.26 Å². The molecule has 1 amide bonds. The molecule has 4 rings (SSSR count). The van der Waals surface area contributed by atoms with Crippen LogP contribution in [0.3, 0.4) is 0 Å². The lowest BCUT2D eigenvalue weighted by Gasteiger charge is -2.32. The van der Waals surface area contributed by atoms with E-state index in [1.54, 1.807) is 24.3 Å².